The monoisotopic (exact) mass is 454 g/mol. The largest absolute Gasteiger partial charge is 0.356 e. The van der Waals surface area contributed by atoms with Gasteiger partial charge >= 0.3 is 0 Å². The van der Waals surface area contributed by atoms with Crippen LogP contribution in [0.25, 0.3) is 0 Å². The summed E-state index contributed by atoms with van der Waals surface area (Å²) in [6.07, 6.45) is 6.79. The van der Waals surface area contributed by atoms with Crippen molar-refractivity contribution in [2.45, 2.75) is 38.1 Å². The van der Waals surface area contributed by atoms with Crippen molar-refractivity contribution in [3.8, 4) is 0 Å². The van der Waals surface area contributed by atoms with E-state index in [1.54, 1.807) is 6.20 Å². The van der Waals surface area contributed by atoms with Crippen LogP contribution in [0, 0.1) is 11.8 Å². The molecule has 0 aromatic carbocycles. The van der Waals surface area contributed by atoms with Crippen LogP contribution in [0.3, 0.4) is 0 Å². The van der Waals surface area contributed by atoms with E-state index in [2.05, 4.69) is 36.9 Å². The van der Waals surface area contributed by atoms with Crippen molar-refractivity contribution in [1.29, 1.82) is 0 Å². The molecule has 0 spiro atoms. The number of likely N-dealkylation sites (N-methyl/N-ethyl adjacent to an activating group) is 1. The maximum atomic E-state index is 12.6. The predicted octanol–water partition coefficient (Wildman–Crippen LogP) is 1.29. The van der Waals surface area contributed by atoms with Crippen LogP contribution >= 0.6 is 0 Å². The number of piperazine rings is 1. The summed E-state index contributed by atoms with van der Waals surface area (Å²) in [6, 6.07) is 4.30. The smallest absolute Gasteiger partial charge is 0.252 e. The fourth-order valence-electron chi connectivity index (χ4n) is 6.18. The second-order valence-electron chi connectivity index (χ2n) is 10.4. The number of anilines is 1. The number of nitrogens with one attached hydrogen (secondary N) is 1. The van der Waals surface area contributed by atoms with Crippen LogP contribution in [-0.2, 0) is 4.79 Å². The van der Waals surface area contributed by atoms with Crippen molar-refractivity contribution < 1.29 is 9.59 Å². The predicted molar refractivity (Wildman–Crippen MR) is 128 cm³/mol. The Bertz CT molecular complexity index is 838. The topological polar surface area (TPSA) is 72.0 Å². The molecule has 4 fully saturated rings. The maximum absolute atomic E-state index is 12.6. The van der Waals surface area contributed by atoms with E-state index in [1.165, 1.54) is 6.42 Å². The van der Waals surface area contributed by atoms with Gasteiger partial charge in [-0.2, -0.15) is 0 Å². The van der Waals surface area contributed by atoms with Crippen molar-refractivity contribution in [1.82, 2.24) is 25.0 Å². The number of hydrogen-bond acceptors (Lipinski definition) is 6. The zero-order valence-electron chi connectivity index (χ0n) is 19.9. The van der Waals surface area contributed by atoms with E-state index in [9.17, 15) is 9.59 Å². The minimum absolute atomic E-state index is 0.0423. The minimum Gasteiger partial charge on any atom is -0.356 e. The summed E-state index contributed by atoms with van der Waals surface area (Å²) in [6.45, 7) is 9.00. The molecular formula is C25H38N6O2. The molecule has 2 amide bonds. The standard InChI is InChI=1S/C25H38N6O2/c1-28-10-12-29(13-11-28)9-3-8-26-25(33)20-6-7-23(27-15-20)30-16-19-14-21(18-30)22-4-2-5-24(32)31(22)17-19/h6-7,15,19,21-22H,2-5,8-14,16-18H2,1H3,(H,26,33)/t19?,21?,22-/m1/s1. The van der Waals surface area contributed by atoms with E-state index in [1.807, 2.05) is 12.1 Å². The maximum Gasteiger partial charge on any atom is 0.252 e. The third-order valence-corrected chi connectivity index (χ3v) is 8.05. The van der Waals surface area contributed by atoms with Crippen LogP contribution < -0.4 is 10.2 Å². The Labute approximate surface area is 197 Å². The van der Waals surface area contributed by atoms with Crippen LogP contribution in [-0.4, -0.2) is 103 Å². The summed E-state index contributed by atoms with van der Waals surface area (Å²) in [5.41, 5.74) is 0.625. The molecule has 1 aromatic heterocycles. The summed E-state index contributed by atoms with van der Waals surface area (Å²) in [5.74, 6) is 2.32. The molecule has 3 atom stereocenters. The SMILES string of the molecule is CN1CCN(CCCNC(=O)c2ccc(N3CC4CC(C3)[C@H]3CCCC(=O)N3C4)nc2)CC1. The number of amides is 2. The van der Waals surface area contributed by atoms with E-state index in [4.69, 9.17) is 0 Å². The zero-order chi connectivity index (χ0) is 22.8. The molecule has 0 radical (unpaired) electrons. The second kappa shape index (κ2) is 9.97. The van der Waals surface area contributed by atoms with E-state index < -0.39 is 0 Å². The van der Waals surface area contributed by atoms with Crippen molar-refractivity contribution in [2.24, 2.45) is 11.8 Å². The van der Waals surface area contributed by atoms with Gasteiger partial charge in [0.25, 0.3) is 5.91 Å². The Morgan fingerprint density at radius 1 is 1.15 bits per heavy atom. The second-order valence-corrected chi connectivity index (χ2v) is 10.4. The van der Waals surface area contributed by atoms with Gasteiger partial charge in [0.2, 0.25) is 5.91 Å². The van der Waals surface area contributed by atoms with Crippen LogP contribution in [0.1, 0.15) is 42.5 Å². The molecule has 4 saturated heterocycles. The number of carbonyl (C=O) groups is 2. The van der Waals surface area contributed by atoms with Crippen LogP contribution in [0.4, 0.5) is 5.82 Å². The molecule has 1 aromatic rings. The quantitative estimate of drug-likeness (QED) is 0.653. The van der Waals surface area contributed by atoms with Crippen molar-refractivity contribution in [3.63, 3.8) is 0 Å². The highest BCUT2D eigenvalue weighted by Crippen LogP contribution is 2.38. The fraction of sp³-hybridized carbons (Fsp3) is 0.720. The van der Waals surface area contributed by atoms with Gasteiger partial charge < -0.3 is 24.9 Å². The highest BCUT2D eigenvalue weighted by atomic mass is 16.2. The first-order chi connectivity index (χ1) is 16.1. The van der Waals surface area contributed by atoms with E-state index in [0.717, 1.165) is 83.9 Å². The van der Waals surface area contributed by atoms with Crippen LogP contribution in [0.5, 0.6) is 0 Å². The van der Waals surface area contributed by atoms with Gasteiger partial charge in [0.15, 0.2) is 0 Å². The molecule has 33 heavy (non-hydrogen) atoms. The molecule has 180 valence electrons. The van der Waals surface area contributed by atoms with Gasteiger partial charge in [-0.1, -0.05) is 0 Å². The Kier molecular flexibility index (Phi) is 6.83. The molecule has 8 nitrogen and oxygen atoms in total. The lowest BCUT2D eigenvalue weighted by Gasteiger charge is -2.52. The Morgan fingerprint density at radius 2 is 2.00 bits per heavy atom. The van der Waals surface area contributed by atoms with Gasteiger partial charge in [0.1, 0.15) is 5.82 Å². The molecular weight excluding hydrogens is 416 g/mol. The van der Waals surface area contributed by atoms with Crippen molar-refractivity contribution >= 4 is 17.6 Å². The number of hydrogen-bond donors (Lipinski definition) is 1. The molecule has 4 aliphatic rings. The van der Waals surface area contributed by atoms with Gasteiger partial charge in [0.05, 0.1) is 5.56 Å². The van der Waals surface area contributed by atoms with Gasteiger partial charge in [-0.05, 0) is 63.2 Å². The summed E-state index contributed by atoms with van der Waals surface area (Å²) in [4.78, 5) is 38.9. The van der Waals surface area contributed by atoms with Gasteiger partial charge in [0, 0.05) is 71.0 Å². The third-order valence-electron chi connectivity index (χ3n) is 8.05. The molecule has 1 N–H and O–H groups in total. The summed E-state index contributed by atoms with van der Waals surface area (Å²) >= 11 is 0. The molecule has 4 aliphatic heterocycles. The van der Waals surface area contributed by atoms with Gasteiger partial charge in [-0.15, -0.1) is 0 Å². The fourth-order valence-corrected chi connectivity index (χ4v) is 6.18. The summed E-state index contributed by atoms with van der Waals surface area (Å²) in [7, 11) is 2.17. The van der Waals surface area contributed by atoms with E-state index >= 15 is 0 Å². The highest BCUT2D eigenvalue weighted by Gasteiger charge is 2.44. The Hall–Kier alpha value is -2.19. The van der Waals surface area contributed by atoms with Gasteiger partial charge in [-0.25, -0.2) is 4.98 Å². The summed E-state index contributed by atoms with van der Waals surface area (Å²) < 4.78 is 0. The first-order valence-corrected chi connectivity index (χ1v) is 12.8. The molecule has 5 rings (SSSR count). The molecule has 2 unspecified atom stereocenters. The summed E-state index contributed by atoms with van der Waals surface area (Å²) in [5, 5.41) is 3.05. The molecule has 2 bridgehead atoms. The highest BCUT2D eigenvalue weighted by molar-refractivity contribution is 5.94. The van der Waals surface area contributed by atoms with Crippen LogP contribution in [0.2, 0.25) is 0 Å². The zero-order valence-corrected chi connectivity index (χ0v) is 19.9. The van der Waals surface area contributed by atoms with Crippen molar-refractivity contribution in [3.05, 3.63) is 23.9 Å². The van der Waals surface area contributed by atoms with E-state index in [0.29, 0.717) is 35.9 Å². The molecule has 0 aliphatic carbocycles. The first-order valence-electron chi connectivity index (χ1n) is 12.8. The lowest BCUT2D eigenvalue weighted by molar-refractivity contribution is -0.142. The number of fused-ring (bicyclic) bond motifs is 4. The Morgan fingerprint density at radius 3 is 2.79 bits per heavy atom. The number of piperidine rings is 3. The minimum atomic E-state index is -0.0423. The molecule has 8 heteroatoms. The number of pyridine rings is 1. The average Bonchev–Trinajstić information content (AvgIpc) is 2.83. The molecule has 5 heterocycles. The lowest BCUT2D eigenvalue weighted by atomic mass is 9.76. The van der Waals surface area contributed by atoms with Crippen LogP contribution in [0.15, 0.2) is 18.3 Å². The first kappa shape index (κ1) is 22.6. The van der Waals surface area contributed by atoms with E-state index in [-0.39, 0.29) is 5.91 Å². The number of nitrogens with zero attached hydrogens (tertiary/aromatic N) is 5. The average molecular weight is 455 g/mol. The van der Waals surface area contributed by atoms with Crippen molar-refractivity contribution in [2.75, 3.05) is 70.9 Å². The Balaban J connectivity index is 1.10. The molecule has 0 saturated carbocycles. The lowest BCUT2D eigenvalue weighted by Crippen LogP contribution is -2.60. The number of aromatic nitrogens is 1. The number of carbonyl (C=O) groups excluding carboxylic acids is 2. The number of rotatable bonds is 6. The van der Waals surface area contributed by atoms with Gasteiger partial charge in [-0.3, -0.25) is 9.59 Å². The normalized spacial score (nSPS) is 28.5. The third kappa shape index (κ3) is 5.17.